The number of hydrogen-bond donors (Lipinski definition) is 0. The zero-order valence-corrected chi connectivity index (χ0v) is 18.0. The highest BCUT2D eigenvalue weighted by Gasteiger charge is 2.45. The minimum atomic E-state index is -1.59. The zero-order chi connectivity index (χ0) is 19.5. The molecule has 0 atom stereocenters. The van der Waals surface area contributed by atoms with E-state index in [1.54, 1.807) is 5.31 Å². The summed E-state index contributed by atoms with van der Waals surface area (Å²) in [6.07, 6.45) is 19.2. The van der Waals surface area contributed by atoms with Gasteiger partial charge in [0.25, 0.3) is 0 Å². The topological polar surface area (TPSA) is 12.4 Å². The SMILES string of the molecule is CN=CCCCCCC[P+](C1=CCCC=C1)(c1ccccc1)c1ccccc1. The normalized spacial score (nSPS) is 14.4. The Morgan fingerprint density at radius 1 is 0.821 bits per heavy atom. The summed E-state index contributed by atoms with van der Waals surface area (Å²) < 4.78 is 0. The van der Waals surface area contributed by atoms with E-state index >= 15 is 0 Å². The van der Waals surface area contributed by atoms with E-state index in [9.17, 15) is 0 Å². The minimum absolute atomic E-state index is 1.11. The second-order valence-corrected chi connectivity index (χ2v) is 11.1. The number of nitrogens with zero attached hydrogens (tertiary/aromatic N) is 1. The Bertz CT molecular complexity index is 750. The lowest BCUT2D eigenvalue weighted by atomic mass is 10.2. The summed E-state index contributed by atoms with van der Waals surface area (Å²) in [7, 11) is 0.275. The molecule has 0 amide bonds. The molecule has 2 aromatic rings. The van der Waals surface area contributed by atoms with Crippen LogP contribution in [0.15, 0.2) is 89.2 Å². The van der Waals surface area contributed by atoms with Gasteiger partial charge in [0.2, 0.25) is 0 Å². The maximum atomic E-state index is 4.10. The molecule has 2 aromatic carbocycles. The van der Waals surface area contributed by atoms with Crippen molar-refractivity contribution >= 4 is 24.1 Å². The predicted molar refractivity (Wildman–Crippen MR) is 128 cm³/mol. The molecule has 0 unspecified atom stereocenters. The first-order valence-corrected chi connectivity index (χ1v) is 12.6. The van der Waals surface area contributed by atoms with E-state index in [-0.39, 0.29) is 0 Å². The molecule has 0 radical (unpaired) electrons. The van der Waals surface area contributed by atoms with Gasteiger partial charge in [-0.05, 0) is 81.2 Å². The Labute approximate surface area is 171 Å². The number of aliphatic imine (C=N–C) groups is 1. The van der Waals surface area contributed by atoms with E-state index in [1.807, 2.05) is 13.3 Å². The van der Waals surface area contributed by atoms with Gasteiger partial charge in [0.15, 0.2) is 0 Å². The Kier molecular flexibility index (Phi) is 8.24. The Hall–Kier alpha value is -1.98. The Morgan fingerprint density at radius 2 is 1.46 bits per heavy atom. The number of hydrogen-bond acceptors (Lipinski definition) is 1. The van der Waals surface area contributed by atoms with Crippen molar-refractivity contribution < 1.29 is 0 Å². The van der Waals surface area contributed by atoms with E-state index in [2.05, 4.69) is 83.9 Å². The first kappa shape index (κ1) is 20.7. The van der Waals surface area contributed by atoms with Crippen LogP contribution >= 0.6 is 7.26 Å². The predicted octanol–water partition coefficient (Wildman–Crippen LogP) is 6.54. The molecule has 0 bridgehead atoms. The molecule has 0 spiro atoms. The van der Waals surface area contributed by atoms with E-state index in [4.69, 9.17) is 0 Å². The molecule has 0 N–H and O–H groups in total. The van der Waals surface area contributed by atoms with Gasteiger partial charge in [-0.2, -0.15) is 0 Å². The lowest BCUT2D eigenvalue weighted by molar-refractivity contribution is 0.688. The van der Waals surface area contributed by atoms with Crippen molar-refractivity contribution in [1.82, 2.24) is 0 Å². The first-order valence-electron chi connectivity index (χ1n) is 10.6. The van der Waals surface area contributed by atoms with Crippen LogP contribution < -0.4 is 10.6 Å². The number of allylic oxidation sites excluding steroid dienone is 4. The van der Waals surface area contributed by atoms with Gasteiger partial charge in [-0.3, -0.25) is 0 Å². The van der Waals surface area contributed by atoms with Gasteiger partial charge in [-0.15, -0.1) is 0 Å². The fourth-order valence-electron chi connectivity index (χ4n) is 4.15. The van der Waals surface area contributed by atoms with Crippen LogP contribution in [0.5, 0.6) is 0 Å². The molecule has 146 valence electrons. The van der Waals surface area contributed by atoms with E-state index in [0.29, 0.717) is 0 Å². The van der Waals surface area contributed by atoms with Crippen LogP contribution in [-0.4, -0.2) is 19.4 Å². The van der Waals surface area contributed by atoms with Crippen molar-refractivity contribution in [1.29, 1.82) is 0 Å². The van der Waals surface area contributed by atoms with Crippen molar-refractivity contribution in [3.05, 3.63) is 84.2 Å². The van der Waals surface area contributed by atoms with Crippen molar-refractivity contribution in [3.63, 3.8) is 0 Å². The van der Waals surface area contributed by atoms with Crippen molar-refractivity contribution in [2.75, 3.05) is 13.2 Å². The molecular formula is C26H33NP+. The summed E-state index contributed by atoms with van der Waals surface area (Å²) in [5, 5.41) is 4.63. The molecule has 1 aliphatic rings. The second kappa shape index (κ2) is 11.1. The van der Waals surface area contributed by atoms with Gasteiger partial charge in [-0.1, -0.05) is 48.9 Å². The monoisotopic (exact) mass is 390 g/mol. The van der Waals surface area contributed by atoms with Crippen LogP contribution in [0.25, 0.3) is 0 Å². The largest absolute Gasteiger partial charge is 0.301 e. The summed E-state index contributed by atoms with van der Waals surface area (Å²) in [4.78, 5) is 4.10. The standard InChI is InChI=1S/C26H33NP/c1-27-22-14-3-2-4-15-23-28(24-16-8-5-9-17-24,25-18-10-6-11-19-25)26-20-12-7-13-21-26/h5-6,8-12,16-22H,2-4,7,13-15,23H2,1H3/q+1. The summed E-state index contributed by atoms with van der Waals surface area (Å²) in [6, 6.07) is 22.6. The Morgan fingerprint density at radius 3 is 2.04 bits per heavy atom. The van der Waals surface area contributed by atoms with Gasteiger partial charge < -0.3 is 4.99 Å². The third-order valence-corrected chi connectivity index (χ3v) is 10.1. The van der Waals surface area contributed by atoms with Crippen LogP contribution in [0.1, 0.15) is 44.9 Å². The lowest BCUT2D eigenvalue weighted by Crippen LogP contribution is -2.26. The maximum Gasteiger partial charge on any atom is 0.111 e. The molecule has 0 aromatic heterocycles. The summed E-state index contributed by atoms with van der Waals surface area (Å²) in [5.41, 5.74) is 0. The zero-order valence-electron chi connectivity index (χ0n) is 17.1. The first-order chi connectivity index (χ1) is 13.9. The molecule has 2 heteroatoms. The molecule has 1 nitrogen and oxygen atoms in total. The molecule has 0 saturated carbocycles. The number of rotatable bonds is 10. The fraction of sp³-hybridized carbons (Fsp3) is 0.346. The number of unbranched alkanes of at least 4 members (excludes halogenated alkanes) is 4. The van der Waals surface area contributed by atoms with Gasteiger partial charge in [0.05, 0.1) is 6.16 Å². The smallest absolute Gasteiger partial charge is 0.111 e. The molecule has 3 rings (SSSR count). The van der Waals surface area contributed by atoms with E-state index in [0.717, 1.165) is 6.42 Å². The van der Waals surface area contributed by atoms with Crippen LogP contribution in [-0.2, 0) is 0 Å². The average molecular weight is 391 g/mol. The molecule has 1 aliphatic carbocycles. The van der Waals surface area contributed by atoms with E-state index < -0.39 is 7.26 Å². The average Bonchev–Trinajstić information content (AvgIpc) is 2.78. The third-order valence-electron chi connectivity index (χ3n) is 5.57. The van der Waals surface area contributed by atoms with Gasteiger partial charge in [0, 0.05) is 7.05 Å². The Balaban J connectivity index is 1.90. The molecule has 28 heavy (non-hydrogen) atoms. The van der Waals surface area contributed by atoms with Crippen LogP contribution in [0.4, 0.5) is 0 Å². The highest BCUT2D eigenvalue weighted by atomic mass is 31.2. The van der Waals surface area contributed by atoms with Crippen molar-refractivity contribution in [2.45, 2.75) is 44.9 Å². The third kappa shape index (κ3) is 5.09. The van der Waals surface area contributed by atoms with Crippen LogP contribution in [0.3, 0.4) is 0 Å². The van der Waals surface area contributed by atoms with Gasteiger partial charge in [0.1, 0.15) is 23.2 Å². The van der Waals surface area contributed by atoms with Gasteiger partial charge >= 0.3 is 0 Å². The molecular weight excluding hydrogens is 357 g/mol. The van der Waals surface area contributed by atoms with E-state index in [1.165, 1.54) is 55.3 Å². The minimum Gasteiger partial charge on any atom is -0.301 e. The fourth-order valence-corrected chi connectivity index (χ4v) is 8.68. The summed E-state index contributed by atoms with van der Waals surface area (Å²) >= 11 is 0. The maximum absolute atomic E-state index is 4.10. The van der Waals surface area contributed by atoms with Crippen molar-refractivity contribution in [3.8, 4) is 0 Å². The number of benzene rings is 2. The molecule has 0 aliphatic heterocycles. The molecule has 0 heterocycles. The molecule has 0 saturated heterocycles. The highest BCUT2D eigenvalue weighted by Crippen LogP contribution is 2.65. The van der Waals surface area contributed by atoms with Crippen molar-refractivity contribution in [2.24, 2.45) is 4.99 Å². The molecule has 0 fully saturated rings. The quantitative estimate of drug-likeness (QED) is 0.248. The summed E-state index contributed by atoms with van der Waals surface area (Å²) in [5.74, 6) is 0. The van der Waals surface area contributed by atoms with Crippen LogP contribution in [0.2, 0.25) is 0 Å². The summed E-state index contributed by atoms with van der Waals surface area (Å²) in [6.45, 7) is 0. The van der Waals surface area contributed by atoms with Gasteiger partial charge in [-0.25, -0.2) is 0 Å². The van der Waals surface area contributed by atoms with Crippen LogP contribution in [0, 0.1) is 0 Å². The second-order valence-electron chi connectivity index (χ2n) is 7.46. The lowest BCUT2D eigenvalue weighted by Gasteiger charge is -2.29. The highest BCUT2D eigenvalue weighted by molar-refractivity contribution is 7.93.